The Morgan fingerprint density at radius 1 is 1.03 bits per heavy atom. The van der Waals surface area contributed by atoms with E-state index in [9.17, 15) is 22.8 Å². The molecule has 11 heteroatoms. The van der Waals surface area contributed by atoms with Crippen LogP contribution in [0, 0.1) is 0 Å². The minimum Gasteiger partial charge on any atom is -0.347 e. The molecule has 0 atom stereocenters. The molecule has 0 unspecified atom stereocenters. The lowest BCUT2D eigenvalue weighted by Crippen LogP contribution is -2.38. The number of amides is 1. The molecule has 0 fully saturated rings. The van der Waals surface area contributed by atoms with E-state index in [4.69, 9.17) is 5.14 Å². The Balaban J connectivity index is 1.59. The maximum Gasteiger partial charge on any atom is 0.332 e. The minimum absolute atomic E-state index is 0.0187. The summed E-state index contributed by atoms with van der Waals surface area (Å²) < 4.78 is 25.2. The lowest BCUT2D eigenvalue weighted by atomic mass is 10.2. The molecule has 4 rings (SSSR count). The van der Waals surface area contributed by atoms with E-state index in [0.29, 0.717) is 15.8 Å². The monoisotopic (exact) mass is 484 g/mol. The number of carbonyl (C=O) groups excluding carboxylic acids is 1. The summed E-state index contributed by atoms with van der Waals surface area (Å²) in [6.45, 7) is 0.281. The predicted octanol–water partition coefficient (Wildman–Crippen LogP) is 1.39. The molecule has 0 bridgehead atoms. The molecule has 170 valence electrons. The van der Waals surface area contributed by atoms with E-state index in [1.165, 1.54) is 22.8 Å². The number of fused-ring (bicyclic) bond motifs is 1. The Kier molecular flexibility index (Phi) is 6.02. The summed E-state index contributed by atoms with van der Waals surface area (Å²) >= 11 is 1.06. The van der Waals surface area contributed by atoms with Gasteiger partial charge in [0.2, 0.25) is 10.0 Å². The highest BCUT2D eigenvalue weighted by Gasteiger charge is 2.18. The van der Waals surface area contributed by atoms with Crippen LogP contribution >= 0.6 is 11.3 Å². The molecule has 2 aromatic heterocycles. The van der Waals surface area contributed by atoms with Gasteiger partial charge in [0.05, 0.1) is 21.7 Å². The first-order chi connectivity index (χ1) is 15.6. The maximum atomic E-state index is 13.0. The first kappa shape index (κ1) is 22.6. The quantitative estimate of drug-likeness (QED) is 0.427. The van der Waals surface area contributed by atoms with Crippen LogP contribution in [0.15, 0.2) is 75.1 Å². The molecule has 0 aliphatic rings. The van der Waals surface area contributed by atoms with Crippen molar-refractivity contribution in [3.8, 4) is 0 Å². The fourth-order valence-corrected chi connectivity index (χ4v) is 4.90. The van der Waals surface area contributed by atoms with Gasteiger partial charge in [-0.2, -0.15) is 0 Å². The molecule has 1 amide bonds. The van der Waals surface area contributed by atoms with Crippen LogP contribution in [-0.2, 0) is 30.2 Å². The number of carbonyl (C=O) groups is 1. The van der Waals surface area contributed by atoms with Crippen molar-refractivity contribution in [2.75, 3.05) is 0 Å². The average Bonchev–Trinajstić information content (AvgIpc) is 3.25. The van der Waals surface area contributed by atoms with E-state index >= 15 is 0 Å². The zero-order chi connectivity index (χ0) is 23.8. The van der Waals surface area contributed by atoms with Crippen LogP contribution < -0.4 is 21.7 Å². The van der Waals surface area contributed by atoms with Crippen molar-refractivity contribution in [3.63, 3.8) is 0 Å². The molecule has 2 aromatic carbocycles. The number of thiophene rings is 1. The van der Waals surface area contributed by atoms with Crippen molar-refractivity contribution in [1.29, 1.82) is 0 Å². The summed E-state index contributed by atoms with van der Waals surface area (Å²) in [5.74, 6) is -0.409. The third-order valence-corrected chi connectivity index (χ3v) is 7.26. The minimum atomic E-state index is -3.79. The van der Waals surface area contributed by atoms with Crippen LogP contribution in [0.4, 0.5) is 0 Å². The number of benzene rings is 2. The van der Waals surface area contributed by atoms with Gasteiger partial charge in [-0.1, -0.05) is 42.5 Å². The number of sulfonamides is 1. The molecule has 4 aromatic rings. The predicted molar refractivity (Wildman–Crippen MR) is 126 cm³/mol. The summed E-state index contributed by atoms with van der Waals surface area (Å²) in [4.78, 5) is 39.1. The molecule has 0 saturated carbocycles. The van der Waals surface area contributed by atoms with Crippen molar-refractivity contribution in [3.05, 3.63) is 97.5 Å². The van der Waals surface area contributed by atoms with E-state index < -0.39 is 27.2 Å². The van der Waals surface area contributed by atoms with Gasteiger partial charge in [-0.05, 0) is 29.3 Å². The molecule has 9 nitrogen and oxygen atoms in total. The standard InChI is InChI=1S/C22H20N4O5S2/c1-25-21-17(20(28)26(22(25)29)13-15-5-3-2-4-6-15)11-18(32-21)19(27)24-12-14-7-9-16(10-8-14)33(23,30)31/h2-11H,12-13H2,1H3,(H,24,27)(H2,23,30,31). The number of aryl methyl sites for hydroxylation is 1. The van der Waals surface area contributed by atoms with Crippen molar-refractivity contribution >= 4 is 37.5 Å². The van der Waals surface area contributed by atoms with Gasteiger partial charge in [-0.25, -0.2) is 18.4 Å². The molecule has 0 aliphatic heterocycles. The number of rotatable bonds is 6. The summed E-state index contributed by atoms with van der Waals surface area (Å²) in [5.41, 5.74) is 0.582. The van der Waals surface area contributed by atoms with Gasteiger partial charge >= 0.3 is 5.69 Å². The number of hydrogen-bond donors (Lipinski definition) is 2. The summed E-state index contributed by atoms with van der Waals surface area (Å²) in [7, 11) is -2.22. The van der Waals surface area contributed by atoms with E-state index in [1.54, 1.807) is 19.2 Å². The van der Waals surface area contributed by atoms with Crippen molar-refractivity contribution in [1.82, 2.24) is 14.5 Å². The molecule has 33 heavy (non-hydrogen) atoms. The third-order valence-electron chi connectivity index (χ3n) is 5.12. The fraction of sp³-hybridized carbons (Fsp3) is 0.136. The zero-order valence-electron chi connectivity index (χ0n) is 17.5. The lowest BCUT2D eigenvalue weighted by molar-refractivity contribution is 0.0955. The number of primary sulfonamides is 1. The van der Waals surface area contributed by atoms with Gasteiger partial charge in [0.15, 0.2) is 0 Å². The summed E-state index contributed by atoms with van der Waals surface area (Å²) in [5, 5.41) is 8.11. The van der Waals surface area contributed by atoms with Crippen LogP contribution in [0.1, 0.15) is 20.8 Å². The topological polar surface area (TPSA) is 133 Å². The largest absolute Gasteiger partial charge is 0.347 e. The van der Waals surface area contributed by atoms with Gasteiger partial charge in [-0.15, -0.1) is 11.3 Å². The summed E-state index contributed by atoms with van der Waals surface area (Å²) in [6.07, 6.45) is 0. The Morgan fingerprint density at radius 2 is 1.70 bits per heavy atom. The van der Waals surface area contributed by atoms with Crippen LogP contribution in [-0.4, -0.2) is 23.5 Å². The number of nitrogens with zero attached hydrogens (tertiary/aromatic N) is 2. The van der Waals surface area contributed by atoms with E-state index in [-0.39, 0.29) is 22.9 Å². The van der Waals surface area contributed by atoms with Gasteiger partial charge < -0.3 is 5.32 Å². The number of hydrogen-bond acceptors (Lipinski definition) is 6. The molecular weight excluding hydrogens is 464 g/mol. The second kappa shape index (κ2) is 8.77. The molecule has 0 aliphatic carbocycles. The Hall–Kier alpha value is -3.54. The van der Waals surface area contributed by atoms with Crippen LogP contribution in [0.3, 0.4) is 0 Å². The number of nitrogens with one attached hydrogen (secondary N) is 1. The lowest BCUT2D eigenvalue weighted by Gasteiger charge is -2.08. The number of aromatic nitrogens is 2. The van der Waals surface area contributed by atoms with Crippen molar-refractivity contribution < 1.29 is 13.2 Å². The average molecular weight is 485 g/mol. The van der Waals surface area contributed by atoms with Crippen LogP contribution in [0.2, 0.25) is 0 Å². The van der Waals surface area contributed by atoms with Gasteiger partial charge in [0.25, 0.3) is 11.5 Å². The third kappa shape index (κ3) is 4.65. The van der Waals surface area contributed by atoms with E-state index in [1.807, 2.05) is 30.3 Å². The highest BCUT2D eigenvalue weighted by molar-refractivity contribution is 7.89. The smallest absolute Gasteiger partial charge is 0.332 e. The first-order valence-electron chi connectivity index (χ1n) is 9.82. The van der Waals surface area contributed by atoms with Gasteiger partial charge in [0, 0.05) is 13.6 Å². The molecule has 0 spiro atoms. The maximum absolute atomic E-state index is 13.0. The Labute approximate surface area is 192 Å². The van der Waals surface area contributed by atoms with E-state index in [0.717, 1.165) is 21.5 Å². The SMILES string of the molecule is Cn1c(=O)n(Cc2ccccc2)c(=O)c2cc(C(=O)NCc3ccc(S(N)(=O)=O)cc3)sc21. The number of nitrogens with two attached hydrogens (primary N) is 1. The summed E-state index contributed by atoms with van der Waals surface area (Å²) in [6, 6.07) is 16.5. The van der Waals surface area contributed by atoms with Crippen molar-refractivity contribution in [2.24, 2.45) is 12.2 Å². The first-order valence-corrected chi connectivity index (χ1v) is 12.2. The van der Waals surface area contributed by atoms with E-state index in [2.05, 4.69) is 5.32 Å². The molecule has 2 heterocycles. The second-order valence-electron chi connectivity index (χ2n) is 7.42. The van der Waals surface area contributed by atoms with Gasteiger partial charge in [-0.3, -0.25) is 18.7 Å². The highest BCUT2D eigenvalue weighted by atomic mass is 32.2. The highest BCUT2D eigenvalue weighted by Crippen LogP contribution is 2.22. The van der Waals surface area contributed by atoms with Crippen LogP contribution in [0.25, 0.3) is 10.2 Å². The molecule has 0 saturated heterocycles. The van der Waals surface area contributed by atoms with Gasteiger partial charge in [0.1, 0.15) is 4.83 Å². The zero-order valence-corrected chi connectivity index (χ0v) is 19.2. The molecule has 0 radical (unpaired) electrons. The fourth-order valence-electron chi connectivity index (χ4n) is 3.37. The normalized spacial score (nSPS) is 11.6. The molecule has 3 N–H and O–H groups in total. The molecular formula is C22H20N4O5S2. The second-order valence-corrected chi connectivity index (χ2v) is 10.0. The van der Waals surface area contributed by atoms with Crippen LogP contribution in [0.5, 0.6) is 0 Å². The Morgan fingerprint density at radius 3 is 2.33 bits per heavy atom. The van der Waals surface area contributed by atoms with Crippen molar-refractivity contribution in [2.45, 2.75) is 18.0 Å². The Bertz CT molecular complexity index is 1570.